The summed E-state index contributed by atoms with van der Waals surface area (Å²) in [7, 11) is 0. The second-order valence-corrected chi connectivity index (χ2v) is 4.66. The minimum Gasteiger partial charge on any atom is -0.330 e. The van der Waals surface area contributed by atoms with E-state index in [1.165, 1.54) is 11.1 Å². The molecule has 1 aromatic carbocycles. The van der Waals surface area contributed by atoms with Crippen LogP contribution in [-0.2, 0) is 6.54 Å². The fraction of sp³-hybridized carbons (Fsp3) is 0.308. The van der Waals surface area contributed by atoms with Gasteiger partial charge in [-0.3, -0.25) is 4.68 Å². The number of benzene rings is 1. The standard InChI is InChI=1S/C13H16ClN3/c1-10-2-4-11(5-3-10)12(6-15)8-17-9-13(14)7-16-17/h2-5,7,9,12H,6,8,15H2,1H3. The largest absolute Gasteiger partial charge is 0.330 e. The number of nitrogens with two attached hydrogens (primary N) is 1. The van der Waals surface area contributed by atoms with Crippen LogP contribution in [-0.4, -0.2) is 16.3 Å². The first-order valence-corrected chi connectivity index (χ1v) is 6.01. The minimum absolute atomic E-state index is 0.270. The van der Waals surface area contributed by atoms with Crippen molar-refractivity contribution in [3.63, 3.8) is 0 Å². The molecule has 3 nitrogen and oxygen atoms in total. The van der Waals surface area contributed by atoms with Crippen LogP contribution in [0, 0.1) is 6.92 Å². The molecule has 0 radical (unpaired) electrons. The molecule has 90 valence electrons. The van der Waals surface area contributed by atoms with Crippen LogP contribution >= 0.6 is 11.6 Å². The van der Waals surface area contributed by atoms with Crippen molar-refractivity contribution in [3.8, 4) is 0 Å². The lowest BCUT2D eigenvalue weighted by atomic mass is 9.98. The van der Waals surface area contributed by atoms with Gasteiger partial charge in [0.05, 0.1) is 11.2 Å². The van der Waals surface area contributed by atoms with Gasteiger partial charge in [-0.15, -0.1) is 0 Å². The summed E-state index contributed by atoms with van der Waals surface area (Å²) in [5.41, 5.74) is 8.32. The molecule has 1 unspecified atom stereocenters. The van der Waals surface area contributed by atoms with Gasteiger partial charge in [0.25, 0.3) is 0 Å². The van der Waals surface area contributed by atoms with Gasteiger partial charge in [-0.05, 0) is 12.5 Å². The number of rotatable bonds is 4. The highest BCUT2D eigenvalue weighted by molar-refractivity contribution is 6.30. The third kappa shape index (κ3) is 3.08. The van der Waals surface area contributed by atoms with Crippen molar-refractivity contribution in [3.05, 3.63) is 52.8 Å². The Morgan fingerprint density at radius 1 is 1.35 bits per heavy atom. The van der Waals surface area contributed by atoms with Crippen molar-refractivity contribution < 1.29 is 0 Å². The monoisotopic (exact) mass is 249 g/mol. The molecule has 1 atom stereocenters. The lowest BCUT2D eigenvalue weighted by molar-refractivity contribution is 0.521. The number of aryl methyl sites for hydroxylation is 1. The molecule has 0 aliphatic heterocycles. The Kier molecular flexibility index (Phi) is 3.82. The fourth-order valence-corrected chi connectivity index (χ4v) is 1.97. The molecule has 0 saturated heterocycles. The molecule has 0 bridgehead atoms. The van der Waals surface area contributed by atoms with Gasteiger partial charge in [0.1, 0.15) is 0 Å². The van der Waals surface area contributed by atoms with E-state index in [2.05, 4.69) is 36.3 Å². The number of aromatic nitrogens is 2. The average molecular weight is 250 g/mol. The number of halogens is 1. The maximum Gasteiger partial charge on any atom is 0.0785 e. The Labute approximate surface area is 106 Å². The van der Waals surface area contributed by atoms with Gasteiger partial charge in [-0.2, -0.15) is 5.10 Å². The Morgan fingerprint density at radius 2 is 2.06 bits per heavy atom. The Balaban J connectivity index is 2.13. The van der Waals surface area contributed by atoms with Gasteiger partial charge in [0.15, 0.2) is 0 Å². The summed E-state index contributed by atoms with van der Waals surface area (Å²) >= 11 is 5.84. The third-order valence-corrected chi connectivity index (χ3v) is 3.04. The second-order valence-electron chi connectivity index (χ2n) is 4.22. The lowest BCUT2D eigenvalue weighted by Gasteiger charge is -2.15. The predicted octanol–water partition coefficient (Wildman–Crippen LogP) is 2.59. The van der Waals surface area contributed by atoms with Crippen molar-refractivity contribution in [1.29, 1.82) is 0 Å². The summed E-state index contributed by atoms with van der Waals surface area (Å²) < 4.78 is 1.83. The molecule has 17 heavy (non-hydrogen) atoms. The maximum absolute atomic E-state index is 5.84. The quantitative estimate of drug-likeness (QED) is 0.905. The van der Waals surface area contributed by atoms with Gasteiger partial charge in [-0.25, -0.2) is 0 Å². The van der Waals surface area contributed by atoms with E-state index in [0.29, 0.717) is 11.6 Å². The number of hydrogen-bond acceptors (Lipinski definition) is 2. The molecule has 4 heteroatoms. The molecule has 2 aromatic rings. The zero-order chi connectivity index (χ0) is 12.3. The molecule has 1 aromatic heterocycles. The Bertz CT molecular complexity index is 476. The fourth-order valence-electron chi connectivity index (χ4n) is 1.82. The molecular formula is C13H16ClN3. The van der Waals surface area contributed by atoms with Crippen molar-refractivity contribution in [2.24, 2.45) is 5.73 Å². The molecule has 0 spiro atoms. The SMILES string of the molecule is Cc1ccc(C(CN)Cn2cc(Cl)cn2)cc1. The molecule has 0 saturated carbocycles. The Hall–Kier alpha value is -1.32. The van der Waals surface area contributed by atoms with Gasteiger partial charge >= 0.3 is 0 Å². The smallest absolute Gasteiger partial charge is 0.0785 e. The molecule has 2 N–H and O–H groups in total. The molecule has 0 aliphatic rings. The van der Waals surface area contributed by atoms with Crippen LogP contribution in [0.4, 0.5) is 0 Å². The highest BCUT2D eigenvalue weighted by Gasteiger charge is 2.10. The third-order valence-electron chi connectivity index (χ3n) is 2.84. The molecule has 1 heterocycles. The van der Waals surface area contributed by atoms with Crippen LogP contribution in [0.2, 0.25) is 5.02 Å². The van der Waals surface area contributed by atoms with Crippen molar-refractivity contribution in [2.45, 2.75) is 19.4 Å². The number of hydrogen-bond donors (Lipinski definition) is 1. The molecular weight excluding hydrogens is 234 g/mol. The average Bonchev–Trinajstić information content (AvgIpc) is 2.73. The summed E-state index contributed by atoms with van der Waals surface area (Å²) in [5.74, 6) is 0.270. The molecule has 0 aliphatic carbocycles. The first-order valence-electron chi connectivity index (χ1n) is 5.63. The van der Waals surface area contributed by atoms with Gasteiger partial charge in [-0.1, -0.05) is 41.4 Å². The minimum atomic E-state index is 0.270. The first kappa shape index (κ1) is 12.1. The molecule has 2 rings (SSSR count). The summed E-state index contributed by atoms with van der Waals surface area (Å²) in [6.45, 7) is 3.43. The Morgan fingerprint density at radius 3 is 2.59 bits per heavy atom. The van der Waals surface area contributed by atoms with Gasteiger partial charge in [0, 0.05) is 25.2 Å². The van der Waals surface area contributed by atoms with Gasteiger partial charge in [0.2, 0.25) is 0 Å². The van der Waals surface area contributed by atoms with Gasteiger partial charge < -0.3 is 5.73 Å². The first-order chi connectivity index (χ1) is 8.19. The summed E-state index contributed by atoms with van der Waals surface area (Å²) in [5, 5.41) is 4.83. The van der Waals surface area contributed by atoms with Crippen LogP contribution in [0.25, 0.3) is 0 Å². The van der Waals surface area contributed by atoms with E-state index in [4.69, 9.17) is 17.3 Å². The van der Waals surface area contributed by atoms with E-state index in [0.717, 1.165) is 6.54 Å². The summed E-state index contributed by atoms with van der Waals surface area (Å²) in [6.07, 6.45) is 3.46. The van der Waals surface area contributed by atoms with Crippen molar-refractivity contribution >= 4 is 11.6 Å². The van der Waals surface area contributed by atoms with Crippen LogP contribution < -0.4 is 5.73 Å². The molecule has 0 amide bonds. The topological polar surface area (TPSA) is 43.8 Å². The zero-order valence-electron chi connectivity index (χ0n) is 9.81. The summed E-state index contributed by atoms with van der Waals surface area (Å²) in [6, 6.07) is 8.46. The van der Waals surface area contributed by atoms with E-state index >= 15 is 0 Å². The second kappa shape index (κ2) is 5.34. The lowest BCUT2D eigenvalue weighted by Crippen LogP contribution is -2.18. The van der Waals surface area contributed by atoms with Crippen molar-refractivity contribution in [2.75, 3.05) is 6.54 Å². The normalized spacial score (nSPS) is 12.6. The van der Waals surface area contributed by atoms with Crippen molar-refractivity contribution in [1.82, 2.24) is 9.78 Å². The van der Waals surface area contributed by atoms with E-state index in [9.17, 15) is 0 Å². The zero-order valence-corrected chi connectivity index (χ0v) is 10.6. The van der Waals surface area contributed by atoms with Crippen LogP contribution in [0.3, 0.4) is 0 Å². The molecule has 0 fully saturated rings. The number of nitrogens with zero attached hydrogens (tertiary/aromatic N) is 2. The summed E-state index contributed by atoms with van der Waals surface area (Å²) in [4.78, 5) is 0. The van der Waals surface area contributed by atoms with Crippen LogP contribution in [0.15, 0.2) is 36.7 Å². The van der Waals surface area contributed by atoms with Crippen LogP contribution in [0.5, 0.6) is 0 Å². The predicted molar refractivity (Wildman–Crippen MR) is 70.2 cm³/mol. The van der Waals surface area contributed by atoms with E-state index in [-0.39, 0.29) is 5.92 Å². The maximum atomic E-state index is 5.84. The van der Waals surface area contributed by atoms with Crippen LogP contribution in [0.1, 0.15) is 17.0 Å². The van der Waals surface area contributed by atoms with E-state index in [1.807, 2.05) is 10.9 Å². The highest BCUT2D eigenvalue weighted by Crippen LogP contribution is 2.18. The van der Waals surface area contributed by atoms with E-state index in [1.54, 1.807) is 6.20 Å². The van der Waals surface area contributed by atoms with E-state index < -0.39 is 0 Å². The highest BCUT2D eigenvalue weighted by atomic mass is 35.5.